The standard InChI is InChI=1S/C16H21NO4/c1-10-8-14(18)17(11(2)15(10)16(19)20)9-12-4-6-13(21-3)7-5-12/h4-7,10-11,15H,8-9H2,1-3H3,(H,19,20). The van der Waals surface area contributed by atoms with Gasteiger partial charge in [0.15, 0.2) is 0 Å². The molecule has 1 amide bonds. The average Bonchev–Trinajstić information content (AvgIpc) is 2.43. The Hall–Kier alpha value is -2.04. The van der Waals surface area contributed by atoms with Gasteiger partial charge in [-0.05, 0) is 30.5 Å². The van der Waals surface area contributed by atoms with Crippen LogP contribution in [0, 0.1) is 11.8 Å². The topological polar surface area (TPSA) is 66.8 Å². The fourth-order valence-electron chi connectivity index (χ4n) is 3.03. The number of aliphatic carboxylic acids is 1. The maximum Gasteiger partial charge on any atom is 0.308 e. The summed E-state index contributed by atoms with van der Waals surface area (Å²) in [6, 6.07) is 7.16. The minimum atomic E-state index is -0.831. The molecule has 1 aromatic rings. The van der Waals surface area contributed by atoms with E-state index in [0.29, 0.717) is 6.54 Å². The van der Waals surface area contributed by atoms with Crippen molar-refractivity contribution in [3.8, 4) is 5.75 Å². The highest BCUT2D eigenvalue weighted by atomic mass is 16.5. The number of piperidine rings is 1. The molecule has 0 aromatic heterocycles. The van der Waals surface area contributed by atoms with E-state index in [1.165, 1.54) is 0 Å². The molecule has 0 aliphatic carbocycles. The molecule has 0 radical (unpaired) electrons. The number of carboxylic acids is 1. The van der Waals surface area contributed by atoms with Gasteiger partial charge in [0.05, 0.1) is 13.0 Å². The van der Waals surface area contributed by atoms with Crippen molar-refractivity contribution in [1.82, 2.24) is 4.90 Å². The fraction of sp³-hybridized carbons (Fsp3) is 0.500. The van der Waals surface area contributed by atoms with Crippen LogP contribution in [-0.2, 0) is 16.1 Å². The van der Waals surface area contributed by atoms with Crippen LogP contribution in [0.25, 0.3) is 0 Å². The molecule has 2 rings (SSSR count). The van der Waals surface area contributed by atoms with E-state index in [-0.39, 0.29) is 24.3 Å². The molecule has 1 saturated heterocycles. The van der Waals surface area contributed by atoms with Crippen LogP contribution in [-0.4, -0.2) is 35.0 Å². The van der Waals surface area contributed by atoms with E-state index in [2.05, 4.69) is 0 Å². The van der Waals surface area contributed by atoms with Gasteiger partial charge in [0.1, 0.15) is 5.75 Å². The van der Waals surface area contributed by atoms with Gasteiger partial charge >= 0.3 is 5.97 Å². The van der Waals surface area contributed by atoms with Gasteiger partial charge in [-0.3, -0.25) is 9.59 Å². The Labute approximate surface area is 124 Å². The number of hydrogen-bond acceptors (Lipinski definition) is 3. The summed E-state index contributed by atoms with van der Waals surface area (Å²) >= 11 is 0. The van der Waals surface area contributed by atoms with E-state index < -0.39 is 11.9 Å². The molecule has 0 spiro atoms. The Morgan fingerprint density at radius 3 is 2.48 bits per heavy atom. The Morgan fingerprint density at radius 2 is 1.95 bits per heavy atom. The van der Waals surface area contributed by atoms with Crippen molar-refractivity contribution in [2.24, 2.45) is 11.8 Å². The Morgan fingerprint density at radius 1 is 1.33 bits per heavy atom. The average molecular weight is 291 g/mol. The van der Waals surface area contributed by atoms with Crippen LogP contribution in [0.5, 0.6) is 5.75 Å². The van der Waals surface area contributed by atoms with Crippen molar-refractivity contribution in [1.29, 1.82) is 0 Å². The van der Waals surface area contributed by atoms with E-state index in [9.17, 15) is 14.7 Å². The van der Waals surface area contributed by atoms with E-state index >= 15 is 0 Å². The van der Waals surface area contributed by atoms with Gasteiger partial charge in [-0.1, -0.05) is 19.1 Å². The number of nitrogens with zero attached hydrogens (tertiary/aromatic N) is 1. The predicted octanol–water partition coefficient (Wildman–Crippen LogP) is 2.15. The first kappa shape index (κ1) is 15.4. The number of likely N-dealkylation sites (tertiary alicyclic amines) is 1. The number of amides is 1. The van der Waals surface area contributed by atoms with Crippen LogP contribution in [0.3, 0.4) is 0 Å². The molecule has 3 atom stereocenters. The lowest BCUT2D eigenvalue weighted by Gasteiger charge is -2.40. The van der Waals surface area contributed by atoms with Gasteiger partial charge in [0.25, 0.3) is 0 Å². The highest BCUT2D eigenvalue weighted by molar-refractivity contribution is 5.81. The maximum atomic E-state index is 12.2. The zero-order valence-corrected chi connectivity index (χ0v) is 12.6. The van der Waals surface area contributed by atoms with Crippen LogP contribution in [0.2, 0.25) is 0 Å². The summed E-state index contributed by atoms with van der Waals surface area (Å²) < 4.78 is 5.11. The highest BCUT2D eigenvalue weighted by Gasteiger charge is 2.41. The Balaban J connectivity index is 2.16. The highest BCUT2D eigenvalue weighted by Crippen LogP contribution is 2.31. The van der Waals surface area contributed by atoms with Crippen molar-refractivity contribution in [2.45, 2.75) is 32.9 Å². The second-order valence-electron chi connectivity index (χ2n) is 5.66. The number of ether oxygens (including phenoxy) is 1. The predicted molar refractivity (Wildman–Crippen MR) is 77.9 cm³/mol. The van der Waals surface area contributed by atoms with Gasteiger partial charge in [-0.2, -0.15) is 0 Å². The van der Waals surface area contributed by atoms with Crippen molar-refractivity contribution in [3.63, 3.8) is 0 Å². The Bertz CT molecular complexity index is 526. The minimum Gasteiger partial charge on any atom is -0.497 e. The van der Waals surface area contributed by atoms with Gasteiger partial charge in [0.2, 0.25) is 5.91 Å². The normalized spacial score (nSPS) is 25.8. The molecule has 21 heavy (non-hydrogen) atoms. The van der Waals surface area contributed by atoms with Crippen LogP contribution < -0.4 is 4.74 Å². The summed E-state index contributed by atoms with van der Waals surface area (Å²) in [7, 11) is 1.60. The quantitative estimate of drug-likeness (QED) is 0.923. The van der Waals surface area contributed by atoms with Crippen molar-refractivity contribution in [2.75, 3.05) is 7.11 Å². The van der Waals surface area contributed by atoms with Crippen LogP contribution in [0.4, 0.5) is 0 Å². The van der Waals surface area contributed by atoms with Crippen molar-refractivity contribution >= 4 is 11.9 Å². The maximum absolute atomic E-state index is 12.2. The van der Waals surface area contributed by atoms with Gasteiger partial charge in [0, 0.05) is 19.0 Å². The summed E-state index contributed by atoms with van der Waals surface area (Å²) in [4.78, 5) is 25.3. The lowest BCUT2D eigenvalue weighted by atomic mass is 9.81. The first-order chi connectivity index (χ1) is 9.93. The lowest BCUT2D eigenvalue weighted by molar-refractivity contribution is -0.155. The Kier molecular flexibility index (Phi) is 4.50. The number of carbonyl (C=O) groups is 2. The minimum absolute atomic E-state index is 0.0170. The first-order valence-corrected chi connectivity index (χ1v) is 7.09. The van der Waals surface area contributed by atoms with E-state index in [1.54, 1.807) is 12.0 Å². The smallest absolute Gasteiger partial charge is 0.308 e. The number of carbonyl (C=O) groups excluding carboxylic acids is 1. The van der Waals surface area contributed by atoms with Crippen LogP contribution in [0.15, 0.2) is 24.3 Å². The monoisotopic (exact) mass is 291 g/mol. The summed E-state index contributed by atoms with van der Waals surface area (Å²) in [6.45, 7) is 4.08. The third-order valence-electron chi connectivity index (χ3n) is 4.24. The fourth-order valence-corrected chi connectivity index (χ4v) is 3.03. The molecule has 1 aliphatic rings. The summed E-state index contributed by atoms with van der Waals surface area (Å²) in [5, 5.41) is 9.36. The molecule has 5 nitrogen and oxygen atoms in total. The summed E-state index contributed by atoms with van der Waals surface area (Å²) in [6.07, 6.45) is 0.289. The number of methoxy groups -OCH3 is 1. The van der Waals surface area contributed by atoms with Crippen LogP contribution in [0.1, 0.15) is 25.8 Å². The first-order valence-electron chi connectivity index (χ1n) is 7.09. The molecule has 1 aliphatic heterocycles. The largest absolute Gasteiger partial charge is 0.497 e. The van der Waals surface area contributed by atoms with Crippen LogP contribution >= 0.6 is 0 Å². The molecule has 0 saturated carbocycles. The number of hydrogen-bond donors (Lipinski definition) is 1. The number of rotatable bonds is 4. The summed E-state index contributed by atoms with van der Waals surface area (Å²) in [5.41, 5.74) is 0.967. The number of benzene rings is 1. The number of carboxylic acid groups (broad SMARTS) is 1. The van der Waals surface area contributed by atoms with Crippen molar-refractivity contribution in [3.05, 3.63) is 29.8 Å². The van der Waals surface area contributed by atoms with E-state index in [4.69, 9.17) is 4.74 Å². The third kappa shape index (κ3) is 3.17. The molecule has 5 heteroatoms. The molecule has 0 bridgehead atoms. The van der Waals surface area contributed by atoms with Gasteiger partial charge < -0.3 is 14.7 Å². The molecule has 3 unspecified atom stereocenters. The van der Waals surface area contributed by atoms with Gasteiger partial charge in [-0.15, -0.1) is 0 Å². The van der Waals surface area contributed by atoms with E-state index in [1.807, 2.05) is 38.1 Å². The molecule has 1 N–H and O–H groups in total. The second-order valence-corrected chi connectivity index (χ2v) is 5.66. The molecular formula is C16H21NO4. The molecule has 1 heterocycles. The zero-order valence-electron chi connectivity index (χ0n) is 12.6. The SMILES string of the molecule is COc1ccc(CN2C(=O)CC(C)C(C(=O)O)C2C)cc1. The van der Waals surface area contributed by atoms with E-state index in [0.717, 1.165) is 11.3 Å². The molecule has 114 valence electrons. The lowest BCUT2D eigenvalue weighted by Crippen LogP contribution is -2.52. The van der Waals surface area contributed by atoms with Gasteiger partial charge in [-0.25, -0.2) is 0 Å². The van der Waals surface area contributed by atoms with Crippen molar-refractivity contribution < 1.29 is 19.4 Å². The second kappa shape index (κ2) is 6.16. The third-order valence-corrected chi connectivity index (χ3v) is 4.24. The molecule has 1 fully saturated rings. The molecular weight excluding hydrogens is 270 g/mol. The summed E-state index contributed by atoms with van der Waals surface area (Å²) in [5.74, 6) is -0.697. The molecule has 1 aromatic carbocycles. The zero-order chi connectivity index (χ0) is 15.6.